The topological polar surface area (TPSA) is 15.7 Å². The first-order valence-corrected chi connectivity index (χ1v) is 22.3. The number of nitrogens with zero attached hydrogens (tertiary/aromatic N) is 2. The van der Waals surface area contributed by atoms with E-state index in [0.29, 0.717) is 0 Å². The maximum absolute atomic E-state index is 7.25. The van der Waals surface area contributed by atoms with Crippen molar-refractivity contribution in [3.05, 3.63) is 253 Å². The molecule has 2 heterocycles. The van der Waals surface area contributed by atoms with Gasteiger partial charge >= 0.3 is 0 Å². The average Bonchev–Trinajstić information content (AvgIpc) is 3.88. The number of fused-ring (bicyclic) bond motifs is 13. The van der Waals surface area contributed by atoms with Crippen LogP contribution in [-0.2, 0) is 5.41 Å². The first-order valence-electron chi connectivity index (χ1n) is 21.5. The van der Waals surface area contributed by atoms with Crippen molar-refractivity contribution in [2.24, 2.45) is 0 Å². The number of anilines is 6. The van der Waals surface area contributed by atoms with Crippen LogP contribution in [0.5, 0.6) is 11.5 Å². The van der Waals surface area contributed by atoms with Gasteiger partial charge < -0.3 is 14.5 Å². The minimum atomic E-state index is -0.572. The molecule has 0 saturated carbocycles. The number of benzene rings is 10. The Morgan fingerprint density at radius 3 is 1.54 bits per heavy atom. The molecule has 10 aromatic carbocycles. The number of ether oxygens (including phenoxy) is 1. The molecule has 2 aliphatic rings. The highest BCUT2D eigenvalue weighted by molar-refractivity contribution is 7.27. The van der Waals surface area contributed by atoms with Crippen molar-refractivity contribution in [1.29, 1.82) is 0 Å². The minimum Gasteiger partial charge on any atom is -0.454 e. The smallest absolute Gasteiger partial charge is 0.156 e. The summed E-state index contributed by atoms with van der Waals surface area (Å²) in [5.41, 5.74) is 13.3. The third kappa shape index (κ3) is 5.25. The predicted octanol–water partition coefficient (Wildman–Crippen LogP) is 16.6. The first-order chi connectivity index (χ1) is 31.3. The SMILES string of the molecule is c1ccc(N(c2ccc3ccccc3c2)c2cccc3c2sc2c(N(c4ccccc4)c4cccc5c4Oc4ccccc4C54c5ccccc5-c5ccccc54)cccc23)cc1. The van der Waals surface area contributed by atoms with Crippen molar-refractivity contribution in [1.82, 2.24) is 0 Å². The fourth-order valence-electron chi connectivity index (χ4n) is 10.5. The summed E-state index contributed by atoms with van der Waals surface area (Å²) in [5, 5.41) is 4.88. The molecule has 1 aromatic heterocycles. The van der Waals surface area contributed by atoms with Crippen molar-refractivity contribution < 1.29 is 4.74 Å². The van der Waals surface area contributed by atoms with Crippen molar-refractivity contribution in [3.8, 4) is 22.6 Å². The molecule has 0 saturated heterocycles. The molecule has 1 aliphatic carbocycles. The molecular weight excluding hydrogens is 785 g/mol. The highest BCUT2D eigenvalue weighted by Crippen LogP contribution is 2.64. The van der Waals surface area contributed by atoms with E-state index in [9.17, 15) is 0 Å². The lowest BCUT2D eigenvalue weighted by atomic mass is 9.66. The second-order valence-corrected chi connectivity index (χ2v) is 17.4. The summed E-state index contributed by atoms with van der Waals surface area (Å²) in [6, 6.07) is 83.6. The molecule has 1 spiro atoms. The van der Waals surface area contributed by atoms with E-state index in [1.54, 1.807) is 0 Å². The quantitative estimate of drug-likeness (QED) is 0.166. The van der Waals surface area contributed by atoms with Gasteiger partial charge in [0.2, 0.25) is 0 Å². The second-order valence-electron chi connectivity index (χ2n) is 16.4. The molecule has 0 unspecified atom stereocenters. The lowest BCUT2D eigenvalue weighted by Gasteiger charge is -2.41. The van der Waals surface area contributed by atoms with E-state index in [2.05, 4.69) is 240 Å². The normalized spacial score (nSPS) is 13.0. The van der Waals surface area contributed by atoms with E-state index in [0.717, 1.165) is 56.8 Å². The average molecular weight is 823 g/mol. The van der Waals surface area contributed by atoms with Gasteiger partial charge in [-0.25, -0.2) is 0 Å². The third-order valence-electron chi connectivity index (χ3n) is 13.1. The van der Waals surface area contributed by atoms with Crippen LogP contribution in [0.1, 0.15) is 22.3 Å². The summed E-state index contributed by atoms with van der Waals surface area (Å²) in [6.45, 7) is 0. The summed E-state index contributed by atoms with van der Waals surface area (Å²) in [6.07, 6.45) is 0. The maximum Gasteiger partial charge on any atom is 0.156 e. The molecule has 0 radical (unpaired) electrons. The molecule has 0 atom stereocenters. The van der Waals surface area contributed by atoms with E-state index in [4.69, 9.17) is 4.74 Å². The van der Waals surface area contributed by atoms with Gasteiger partial charge in [0.15, 0.2) is 5.75 Å². The Labute approximate surface area is 370 Å². The summed E-state index contributed by atoms with van der Waals surface area (Å²) in [4.78, 5) is 4.83. The van der Waals surface area contributed by atoms with Gasteiger partial charge in [0.05, 0.1) is 31.9 Å². The Bertz CT molecular complexity index is 3530. The monoisotopic (exact) mass is 822 g/mol. The van der Waals surface area contributed by atoms with Crippen molar-refractivity contribution >= 4 is 76.4 Å². The molecule has 4 heteroatoms. The van der Waals surface area contributed by atoms with Gasteiger partial charge in [-0.2, -0.15) is 0 Å². The molecule has 13 rings (SSSR count). The van der Waals surface area contributed by atoms with Crippen LogP contribution in [0.2, 0.25) is 0 Å². The fraction of sp³-hybridized carbons (Fsp3) is 0.0169. The molecule has 0 amide bonds. The van der Waals surface area contributed by atoms with Crippen LogP contribution in [0.4, 0.5) is 34.1 Å². The van der Waals surface area contributed by atoms with Crippen LogP contribution in [0.3, 0.4) is 0 Å². The summed E-state index contributed by atoms with van der Waals surface area (Å²) < 4.78 is 9.68. The Hall–Kier alpha value is -7.92. The molecule has 11 aromatic rings. The molecule has 0 fully saturated rings. The largest absolute Gasteiger partial charge is 0.454 e. The van der Waals surface area contributed by atoms with Gasteiger partial charge in [0.25, 0.3) is 0 Å². The van der Waals surface area contributed by atoms with E-state index in [1.165, 1.54) is 53.2 Å². The van der Waals surface area contributed by atoms with Crippen LogP contribution in [0, 0.1) is 0 Å². The van der Waals surface area contributed by atoms with E-state index in [-0.39, 0.29) is 0 Å². The molecule has 1 aliphatic heterocycles. The molecule has 3 nitrogen and oxygen atoms in total. The van der Waals surface area contributed by atoms with E-state index >= 15 is 0 Å². The first kappa shape index (κ1) is 35.8. The Morgan fingerprint density at radius 2 is 0.857 bits per heavy atom. The highest BCUT2D eigenvalue weighted by atomic mass is 32.1. The van der Waals surface area contributed by atoms with Gasteiger partial charge in [-0.05, 0) is 93.7 Å². The number of hydrogen-bond donors (Lipinski definition) is 0. The summed E-state index contributed by atoms with van der Waals surface area (Å²) in [5.74, 6) is 1.73. The number of hydrogen-bond acceptors (Lipinski definition) is 4. The molecule has 0 bridgehead atoms. The zero-order chi connectivity index (χ0) is 41.5. The van der Waals surface area contributed by atoms with Crippen LogP contribution in [0.25, 0.3) is 42.1 Å². The van der Waals surface area contributed by atoms with E-state index < -0.39 is 5.41 Å². The zero-order valence-electron chi connectivity index (χ0n) is 34.2. The van der Waals surface area contributed by atoms with E-state index in [1.807, 2.05) is 11.3 Å². The number of para-hydroxylation sites is 4. The second kappa shape index (κ2) is 14.1. The number of rotatable bonds is 6. The van der Waals surface area contributed by atoms with Crippen LogP contribution in [-0.4, -0.2) is 0 Å². The highest BCUT2D eigenvalue weighted by Gasteiger charge is 2.51. The summed E-state index contributed by atoms with van der Waals surface area (Å²) >= 11 is 1.86. The molecule has 63 heavy (non-hydrogen) atoms. The Kier molecular flexibility index (Phi) is 7.99. The Morgan fingerprint density at radius 1 is 0.349 bits per heavy atom. The van der Waals surface area contributed by atoms with Crippen molar-refractivity contribution in [2.45, 2.75) is 5.41 Å². The minimum absolute atomic E-state index is 0.572. The standard InChI is InChI=1S/C59H38N2OS/c1-3-20-41(21-4-1)60(43-37-36-39-18-7-8-19-40(39)38-43)53-33-15-26-46-47-27-16-34-54(58(47)63-57(46)53)61(42-22-5-2-6-23-42)52-32-17-31-51-56(52)62-55-35-14-13-30-50(55)59(51)48-28-11-9-24-44(48)45-25-10-12-29-49(45)59/h1-38H. The van der Waals surface area contributed by atoms with Gasteiger partial charge in [-0.15, -0.1) is 11.3 Å². The molecular formula is C59H38N2OS. The maximum atomic E-state index is 7.25. The molecule has 0 N–H and O–H groups in total. The van der Waals surface area contributed by atoms with Crippen molar-refractivity contribution in [3.63, 3.8) is 0 Å². The fourth-order valence-corrected chi connectivity index (χ4v) is 11.8. The van der Waals surface area contributed by atoms with Gasteiger partial charge in [-0.3, -0.25) is 0 Å². The number of thiophene rings is 1. The van der Waals surface area contributed by atoms with Crippen LogP contribution < -0.4 is 14.5 Å². The Balaban J connectivity index is 1.06. The van der Waals surface area contributed by atoms with Crippen LogP contribution >= 0.6 is 11.3 Å². The van der Waals surface area contributed by atoms with Crippen LogP contribution in [0.15, 0.2) is 231 Å². The van der Waals surface area contributed by atoms with Gasteiger partial charge in [0, 0.05) is 39.0 Å². The predicted molar refractivity (Wildman–Crippen MR) is 264 cm³/mol. The lowest BCUT2D eigenvalue weighted by Crippen LogP contribution is -2.32. The lowest BCUT2D eigenvalue weighted by molar-refractivity contribution is 0.437. The van der Waals surface area contributed by atoms with Crippen molar-refractivity contribution in [2.75, 3.05) is 9.80 Å². The molecule has 296 valence electrons. The summed E-state index contributed by atoms with van der Waals surface area (Å²) in [7, 11) is 0. The van der Waals surface area contributed by atoms with Gasteiger partial charge in [0.1, 0.15) is 5.75 Å². The van der Waals surface area contributed by atoms with Gasteiger partial charge in [-0.1, -0.05) is 170 Å². The zero-order valence-corrected chi connectivity index (χ0v) is 35.0. The third-order valence-corrected chi connectivity index (χ3v) is 14.3.